The van der Waals surface area contributed by atoms with Crippen molar-refractivity contribution in [1.29, 1.82) is 0 Å². The van der Waals surface area contributed by atoms with Crippen LogP contribution in [-0.2, 0) is 9.47 Å². The molecule has 2 rings (SSSR count). The van der Waals surface area contributed by atoms with Crippen LogP contribution in [0.2, 0.25) is 0 Å². The fraction of sp³-hybridized carbons (Fsp3) is 0.882. The molecule has 2 aliphatic rings. The van der Waals surface area contributed by atoms with Gasteiger partial charge in [0.2, 0.25) is 0 Å². The highest BCUT2D eigenvalue weighted by Crippen LogP contribution is 2.37. The van der Waals surface area contributed by atoms with E-state index in [9.17, 15) is 15.3 Å². The molecule has 0 aromatic rings. The highest BCUT2D eigenvalue weighted by Gasteiger charge is 2.42. The Kier molecular flexibility index (Phi) is 7.31. The van der Waals surface area contributed by atoms with Gasteiger partial charge in [-0.25, -0.2) is 0 Å². The van der Waals surface area contributed by atoms with Gasteiger partial charge in [-0.15, -0.1) is 0 Å². The van der Waals surface area contributed by atoms with Crippen LogP contribution in [0.4, 0.5) is 0 Å². The van der Waals surface area contributed by atoms with Crippen LogP contribution in [0.1, 0.15) is 45.4 Å². The smallest absolute Gasteiger partial charge is 0.158 e. The van der Waals surface area contributed by atoms with Crippen LogP contribution in [0, 0.1) is 11.8 Å². The van der Waals surface area contributed by atoms with Gasteiger partial charge in [-0.05, 0) is 12.3 Å². The van der Waals surface area contributed by atoms with E-state index < -0.39 is 18.3 Å². The van der Waals surface area contributed by atoms with Crippen LogP contribution in [0.3, 0.4) is 0 Å². The summed E-state index contributed by atoms with van der Waals surface area (Å²) >= 11 is 0. The molecule has 1 aliphatic heterocycles. The van der Waals surface area contributed by atoms with Crippen molar-refractivity contribution < 1.29 is 24.8 Å². The number of unbranched alkanes of at least 4 members (excludes halogenated alkanes) is 2. The highest BCUT2D eigenvalue weighted by atomic mass is 16.7. The minimum absolute atomic E-state index is 0.0859. The molecule has 0 aromatic carbocycles. The lowest BCUT2D eigenvalue weighted by molar-refractivity contribution is -0.0696. The molecule has 0 bridgehead atoms. The van der Waals surface area contributed by atoms with Crippen LogP contribution in [0.15, 0.2) is 12.2 Å². The molecule has 1 saturated carbocycles. The van der Waals surface area contributed by atoms with E-state index in [1.807, 2.05) is 6.08 Å². The molecule has 0 amide bonds. The summed E-state index contributed by atoms with van der Waals surface area (Å²) in [5.41, 5.74) is 0. The van der Waals surface area contributed by atoms with Gasteiger partial charge in [0, 0.05) is 18.8 Å². The van der Waals surface area contributed by atoms with E-state index in [-0.39, 0.29) is 18.1 Å². The lowest BCUT2D eigenvalue weighted by Gasteiger charge is -2.23. The van der Waals surface area contributed by atoms with Gasteiger partial charge in [0.25, 0.3) is 0 Å². The molecule has 5 atom stereocenters. The zero-order chi connectivity index (χ0) is 15.9. The summed E-state index contributed by atoms with van der Waals surface area (Å²) in [6.07, 6.45) is 6.73. The Bertz CT molecular complexity index is 340. The molecule has 2 fully saturated rings. The summed E-state index contributed by atoms with van der Waals surface area (Å²) in [4.78, 5) is 0. The van der Waals surface area contributed by atoms with Crippen molar-refractivity contribution in [2.45, 2.75) is 70.1 Å². The maximum absolute atomic E-state index is 10.2. The predicted molar refractivity (Wildman–Crippen MR) is 83.2 cm³/mol. The van der Waals surface area contributed by atoms with E-state index in [0.29, 0.717) is 26.1 Å². The summed E-state index contributed by atoms with van der Waals surface area (Å²) in [6, 6.07) is 0. The molecule has 1 saturated heterocycles. The first kappa shape index (κ1) is 17.9. The standard InChI is InChI=1S/C17H30O5/c1-2-3-4-5-12(18)6-7-13-14(16(20)11-15(13)19)10-17-21-8-9-22-17/h6-7,12-20H,2-5,8-11H2,1H3/b7-6+/t12-,13+,14+,15+,16-/m0/s1. The largest absolute Gasteiger partial charge is 0.393 e. The van der Waals surface area contributed by atoms with Gasteiger partial charge in [0.15, 0.2) is 6.29 Å². The summed E-state index contributed by atoms with van der Waals surface area (Å²) in [5, 5.41) is 30.3. The van der Waals surface area contributed by atoms with Gasteiger partial charge < -0.3 is 24.8 Å². The Labute approximate surface area is 132 Å². The van der Waals surface area contributed by atoms with Crippen molar-refractivity contribution in [3.8, 4) is 0 Å². The second-order valence-corrected chi connectivity index (χ2v) is 6.47. The Morgan fingerprint density at radius 3 is 2.55 bits per heavy atom. The molecule has 1 heterocycles. The third-order valence-corrected chi connectivity index (χ3v) is 4.73. The number of hydrogen-bond donors (Lipinski definition) is 3. The van der Waals surface area contributed by atoms with E-state index in [0.717, 1.165) is 25.7 Å². The number of hydrogen-bond acceptors (Lipinski definition) is 5. The molecule has 0 aromatic heterocycles. The van der Waals surface area contributed by atoms with E-state index >= 15 is 0 Å². The van der Waals surface area contributed by atoms with Crippen molar-refractivity contribution in [3.63, 3.8) is 0 Å². The van der Waals surface area contributed by atoms with Gasteiger partial charge >= 0.3 is 0 Å². The predicted octanol–water partition coefficient (Wildman–Crippen LogP) is 1.60. The summed E-state index contributed by atoms with van der Waals surface area (Å²) in [5.74, 6) is -0.235. The van der Waals surface area contributed by atoms with E-state index in [1.165, 1.54) is 0 Å². The minimum atomic E-state index is -0.569. The Morgan fingerprint density at radius 1 is 1.14 bits per heavy atom. The zero-order valence-corrected chi connectivity index (χ0v) is 13.4. The fourth-order valence-electron chi connectivity index (χ4n) is 3.43. The maximum Gasteiger partial charge on any atom is 0.158 e. The molecule has 128 valence electrons. The molecule has 22 heavy (non-hydrogen) atoms. The molecule has 0 unspecified atom stereocenters. The fourth-order valence-corrected chi connectivity index (χ4v) is 3.43. The van der Waals surface area contributed by atoms with Crippen LogP contribution >= 0.6 is 0 Å². The van der Waals surface area contributed by atoms with Crippen molar-refractivity contribution >= 4 is 0 Å². The first-order chi connectivity index (χ1) is 10.6. The molecule has 5 nitrogen and oxygen atoms in total. The van der Waals surface area contributed by atoms with Crippen LogP contribution < -0.4 is 0 Å². The molecular formula is C17H30O5. The number of aliphatic hydroxyl groups excluding tert-OH is 3. The second-order valence-electron chi connectivity index (χ2n) is 6.47. The van der Waals surface area contributed by atoms with Crippen molar-refractivity contribution in [2.24, 2.45) is 11.8 Å². The lowest BCUT2D eigenvalue weighted by atomic mass is 9.89. The maximum atomic E-state index is 10.2. The monoisotopic (exact) mass is 314 g/mol. The van der Waals surface area contributed by atoms with Gasteiger partial charge in [0.1, 0.15) is 0 Å². The Morgan fingerprint density at radius 2 is 1.86 bits per heavy atom. The average Bonchev–Trinajstić information content (AvgIpc) is 3.07. The summed E-state index contributed by atoms with van der Waals surface area (Å²) in [7, 11) is 0. The van der Waals surface area contributed by atoms with Crippen LogP contribution in [0.25, 0.3) is 0 Å². The van der Waals surface area contributed by atoms with E-state index in [4.69, 9.17) is 9.47 Å². The third-order valence-electron chi connectivity index (χ3n) is 4.73. The number of aliphatic hydroxyl groups is 3. The SMILES string of the molecule is CCCCC[C@H](O)/C=C/[C@@H]1[C@@H](CC2OCCO2)[C@@H](O)C[C@H]1O. The molecule has 1 aliphatic carbocycles. The molecule has 0 radical (unpaired) electrons. The van der Waals surface area contributed by atoms with Gasteiger partial charge in [0.05, 0.1) is 31.5 Å². The van der Waals surface area contributed by atoms with Crippen molar-refractivity contribution in [1.82, 2.24) is 0 Å². The number of ether oxygens (including phenoxy) is 2. The number of rotatable bonds is 8. The van der Waals surface area contributed by atoms with Gasteiger partial charge in [-0.2, -0.15) is 0 Å². The van der Waals surface area contributed by atoms with Crippen LogP contribution in [0.5, 0.6) is 0 Å². The molecule has 5 heteroatoms. The minimum Gasteiger partial charge on any atom is -0.393 e. The topological polar surface area (TPSA) is 79.2 Å². The normalized spacial score (nSPS) is 34.7. The second kappa shape index (κ2) is 8.99. The third kappa shape index (κ3) is 5.03. The van der Waals surface area contributed by atoms with Crippen molar-refractivity contribution in [2.75, 3.05) is 13.2 Å². The van der Waals surface area contributed by atoms with Crippen LogP contribution in [-0.4, -0.2) is 53.1 Å². The summed E-state index contributed by atoms with van der Waals surface area (Å²) in [6.45, 7) is 3.32. The van der Waals surface area contributed by atoms with Gasteiger partial charge in [-0.3, -0.25) is 0 Å². The Balaban J connectivity index is 1.87. The molecule has 0 spiro atoms. The van der Waals surface area contributed by atoms with E-state index in [1.54, 1.807) is 6.08 Å². The molecular weight excluding hydrogens is 284 g/mol. The first-order valence-corrected chi connectivity index (χ1v) is 8.57. The zero-order valence-electron chi connectivity index (χ0n) is 13.4. The first-order valence-electron chi connectivity index (χ1n) is 8.57. The lowest BCUT2D eigenvalue weighted by Crippen LogP contribution is -2.26. The quantitative estimate of drug-likeness (QED) is 0.468. The van der Waals surface area contributed by atoms with Crippen molar-refractivity contribution in [3.05, 3.63) is 12.2 Å². The van der Waals surface area contributed by atoms with E-state index in [2.05, 4.69) is 6.92 Å². The average molecular weight is 314 g/mol. The van der Waals surface area contributed by atoms with Gasteiger partial charge in [-0.1, -0.05) is 38.3 Å². The highest BCUT2D eigenvalue weighted by molar-refractivity contribution is 5.04. The Hall–Kier alpha value is -0.460. The molecule has 3 N–H and O–H groups in total. The summed E-state index contributed by atoms with van der Waals surface area (Å²) < 4.78 is 10.9.